The first-order valence-corrected chi connectivity index (χ1v) is 8.04. The summed E-state index contributed by atoms with van der Waals surface area (Å²) >= 11 is 0. The van der Waals surface area contributed by atoms with Gasteiger partial charge in [-0.3, -0.25) is 4.79 Å². The molecule has 0 radical (unpaired) electrons. The molecule has 2 saturated heterocycles. The molecule has 120 valence electrons. The number of rotatable bonds is 5. The summed E-state index contributed by atoms with van der Waals surface area (Å²) in [5.41, 5.74) is 0. The fourth-order valence-corrected chi connectivity index (χ4v) is 3.28. The molecular weight excluding hydrogens is 270 g/mol. The summed E-state index contributed by atoms with van der Waals surface area (Å²) < 4.78 is 0. The van der Waals surface area contributed by atoms with Crippen LogP contribution < -0.4 is 0 Å². The zero-order chi connectivity index (χ0) is 15.2. The SMILES string of the molecule is CN(CCN1CCCC1)C(=O)N1CCCCC1CC(=O)O. The smallest absolute Gasteiger partial charge is 0.320 e. The van der Waals surface area contributed by atoms with Gasteiger partial charge in [0.15, 0.2) is 0 Å². The average Bonchev–Trinajstić information content (AvgIpc) is 2.97. The summed E-state index contributed by atoms with van der Waals surface area (Å²) in [6.45, 7) is 4.58. The van der Waals surface area contributed by atoms with Gasteiger partial charge in [0.25, 0.3) is 0 Å². The van der Waals surface area contributed by atoms with Crippen molar-refractivity contribution in [1.29, 1.82) is 0 Å². The Labute approximate surface area is 126 Å². The van der Waals surface area contributed by atoms with Gasteiger partial charge >= 0.3 is 12.0 Å². The summed E-state index contributed by atoms with van der Waals surface area (Å²) in [5.74, 6) is -0.820. The van der Waals surface area contributed by atoms with Gasteiger partial charge in [0.2, 0.25) is 0 Å². The van der Waals surface area contributed by atoms with E-state index in [4.69, 9.17) is 5.11 Å². The second-order valence-electron chi connectivity index (χ2n) is 6.19. The summed E-state index contributed by atoms with van der Waals surface area (Å²) in [4.78, 5) is 29.4. The van der Waals surface area contributed by atoms with Crippen LogP contribution in [0.4, 0.5) is 4.79 Å². The number of carboxylic acid groups (broad SMARTS) is 1. The Morgan fingerprint density at radius 2 is 1.81 bits per heavy atom. The maximum absolute atomic E-state index is 12.5. The molecule has 1 unspecified atom stereocenters. The van der Waals surface area contributed by atoms with E-state index in [-0.39, 0.29) is 18.5 Å². The van der Waals surface area contributed by atoms with Crippen molar-refractivity contribution < 1.29 is 14.7 Å². The van der Waals surface area contributed by atoms with Crippen molar-refractivity contribution >= 4 is 12.0 Å². The molecule has 21 heavy (non-hydrogen) atoms. The van der Waals surface area contributed by atoms with E-state index in [1.807, 2.05) is 7.05 Å². The number of likely N-dealkylation sites (N-methyl/N-ethyl adjacent to an activating group) is 1. The summed E-state index contributed by atoms with van der Waals surface area (Å²) in [6, 6.07) is -0.155. The van der Waals surface area contributed by atoms with Gasteiger partial charge in [-0.1, -0.05) is 0 Å². The predicted molar refractivity (Wildman–Crippen MR) is 80.3 cm³/mol. The minimum Gasteiger partial charge on any atom is -0.481 e. The normalized spacial score (nSPS) is 23.3. The number of likely N-dealkylation sites (tertiary alicyclic amines) is 2. The van der Waals surface area contributed by atoms with Crippen LogP contribution in [0, 0.1) is 0 Å². The summed E-state index contributed by atoms with van der Waals surface area (Å²) in [5, 5.41) is 8.99. The average molecular weight is 297 g/mol. The number of hydrogen-bond acceptors (Lipinski definition) is 3. The Balaban J connectivity index is 1.84. The third-order valence-corrected chi connectivity index (χ3v) is 4.56. The van der Waals surface area contributed by atoms with Gasteiger partial charge < -0.3 is 19.8 Å². The summed E-state index contributed by atoms with van der Waals surface area (Å²) in [6.07, 6.45) is 5.36. The Hall–Kier alpha value is -1.30. The highest BCUT2D eigenvalue weighted by atomic mass is 16.4. The molecule has 6 heteroatoms. The first-order chi connectivity index (χ1) is 10.1. The Bertz CT molecular complexity index is 369. The number of hydrogen-bond donors (Lipinski definition) is 1. The molecule has 1 atom stereocenters. The number of urea groups is 1. The zero-order valence-corrected chi connectivity index (χ0v) is 13.0. The van der Waals surface area contributed by atoms with E-state index in [1.165, 1.54) is 12.8 Å². The molecule has 2 rings (SSSR count). The second-order valence-corrected chi connectivity index (χ2v) is 6.19. The largest absolute Gasteiger partial charge is 0.481 e. The van der Waals surface area contributed by atoms with E-state index in [9.17, 15) is 9.59 Å². The Morgan fingerprint density at radius 3 is 2.48 bits per heavy atom. The number of piperidine rings is 1. The molecule has 0 saturated carbocycles. The minimum absolute atomic E-state index is 0.0138. The van der Waals surface area contributed by atoms with Crippen LogP contribution in [0.25, 0.3) is 0 Å². The molecule has 2 heterocycles. The number of amides is 2. The predicted octanol–water partition coefficient (Wildman–Crippen LogP) is 1.46. The van der Waals surface area contributed by atoms with Gasteiger partial charge in [0, 0.05) is 32.7 Å². The van der Waals surface area contributed by atoms with Gasteiger partial charge in [0.1, 0.15) is 0 Å². The number of carbonyl (C=O) groups excluding carboxylic acids is 1. The van der Waals surface area contributed by atoms with Crippen LogP contribution in [0.3, 0.4) is 0 Å². The third-order valence-electron chi connectivity index (χ3n) is 4.56. The molecule has 0 spiro atoms. The van der Waals surface area contributed by atoms with Crippen LogP contribution in [0.15, 0.2) is 0 Å². The minimum atomic E-state index is -0.820. The van der Waals surface area contributed by atoms with E-state index in [0.29, 0.717) is 6.54 Å². The maximum Gasteiger partial charge on any atom is 0.320 e. The lowest BCUT2D eigenvalue weighted by Crippen LogP contribution is -2.51. The molecule has 0 aromatic rings. The molecule has 2 aliphatic heterocycles. The van der Waals surface area contributed by atoms with Crippen molar-refractivity contribution in [3.05, 3.63) is 0 Å². The molecule has 2 aliphatic rings. The lowest BCUT2D eigenvalue weighted by atomic mass is 10.00. The zero-order valence-electron chi connectivity index (χ0n) is 13.0. The van der Waals surface area contributed by atoms with Gasteiger partial charge in [-0.15, -0.1) is 0 Å². The number of nitrogens with zero attached hydrogens (tertiary/aromatic N) is 3. The van der Waals surface area contributed by atoms with Gasteiger partial charge in [0.05, 0.1) is 6.42 Å². The molecule has 0 aromatic heterocycles. The molecule has 0 aliphatic carbocycles. The van der Waals surface area contributed by atoms with Crippen molar-refractivity contribution in [2.24, 2.45) is 0 Å². The van der Waals surface area contributed by atoms with Crippen LogP contribution >= 0.6 is 0 Å². The fraction of sp³-hybridized carbons (Fsp3) is 0.867. The van der Waals surface area contributed by atoms with Crippen LogP contribution in [0.1, 0.15) is 38.5 Å². The molecule has 2 amide bonds. The van der Waals surface area contributed by atoms with Crippen LogP contribution in [-0.2, 0) is 4.79 Å². The lowest BCUT2D eigenvalue weighted by Gasteiger charge is -2.37. The number of carbonyl (C=O) groups is 2. The topological polar surface area (TPSA) is 64.1 Å². The first kappa shape index (κ1) is 16.1. The number of aliphatic carboxylic acids is 1. The highest BCUT2D eigenvalue weighted by Crippen LogP contribution is 2.21. The molecule has 1 N–H and O–H groups in total. The number of carboxylic acids is 1. The highest BCUT2D eigenvalue weighted by Gasteiger charge is 2.30. The van der Waals surface area contributed by atoms with Crippen molar-refractivity contribution in [2.45, 2.75) is 44.6 Å². The fourth-order valence-electron chi connectivity index (χ4n) is 3.28. The molecule has 2 fully saturated rings. The van der Waals surface area contributed by atoms with Crippen molar-refractivity contribution in [3.8, 4) is 0 Å². The van der Waals surface area contributed by atoms with Crippen LogP contribution in [0.2, 0.25) is 0 Å². The quantitative estimate of drug-likeness (QED) is 0.834. The van der Waals surface area contributed by atoms with E-state index in [2.05, 4.69) is 4.90 Å². The second kappa shape index (κ2) is 7.64. The summed E-state index contributed by atoms with van der Waals surface area (Å²) in [7, 11) is 1.82. The maximum atomic E-state index is 12.5. The standard InChI is InChI=1S/C15H27N3O3/c1-16(10-11-17-7-4-5-8-17)15(21)18-9-3-2-6-13(18)12-14(19)20/h13H,2-12H2,1H3,(H,19,20). The Morgan fingerprint density at radius 1 is 1.14 bits per heavy atom. The van der Waals surface area contributed by atoms with E-state index in [1.54, 1.807) is 9.80 Å². The first-order valence-electron chi connectivity index (χ1n) is 8.04. The van der Waals surface area contributed by atoms with Crippen LogP contribution in [0.5, 0.6) is 0 Å². The van der Waals surface area contributed by atoms with Gasteiger partial charge in [-0.05, 0) is 45.2 Å². The van der Waals surface area contributed by atoms with Crippen molar-refractivity contribution in [1.82, 2.24) is 14.7 Å². The molecular formula is C15H27N3O3. The lowest BCUT2D eigenvalue weighted by molar-refractivity contribution is -0.138. The van der Waals surface area contributed by atoms with Gasteiger partial charge in [-0.25, -0.2) is 4.79 Å². The third kappa shape index (κ3) is 4.59. The molecule has 0 aromatic carbocycles. The van der Waals surface area contributed by atoms with Crippen molar-refractivity contribution in [2.75, 3.05) is 39.8 Å². The van der Waals surface area contributed by atoms with Gasteiger partial charge in [-0.2, -0.15) is 0 Å². The highest BCUT2D eigenvalue weighted by molar-refractivity contribution is 5.76. The molecule has 0 bridgehead atoms. The van der Waals surface area contributed by atoms with Crippen LogP contribution in [-0.4, -0.2) is 77.6 Å². The Kier molecular flexibility index (Phi) is 5.85. The van der Waals surface area contributed by atoms with E-state index in [0.717, 1.165) is 45.4 Å². The van der Waals surface area contributed by atoms with Crippen molar-refractivity contribution in [3.63, 3.8) is 0 Å². The molecule has 6 nitrogen and oxygen atoms in total. The van der Waals surface area contributed by atoms with E-state index < -0.39 is 5.97 Å². The van der Waals surface area contributed by atoms with E-state index >= 15 is 0 Å². The monoisotopic (exact) mass is 297 g/mol.